The number of H-pyrrole nitrogens is 1. The van der Waals surface area contributed by atoms with E-state index in [1.807, 2.05) is 0 Å². The Labute approximate surface area is 74.0 Å². The van der Waals surface area contributed by atoms with Gasteiger partial charge in [0.2, 0.25) is 0 Å². The van der Waals surface area contributed by atoms with Gasteiger partial charge in [0.25, 0.3) is 0 Å². The molecule has 0 spiro atoms. The summed E-state index contributed by atoms with van der Waals surface area (Å²) in [6.07, 6.45) is 4.50. The van der Waals surface area contributed by atoms with Gasteiger partial charge in [-0.2, -0.15) is 0 Å². The number of nitrogens with zero attached hydrogens (tertiary/aromatic N) is 1. The second-order valence-corrected chi connectivity index (χ2v) is 2.40. The van der Waals surface area contributed by atoms with Crippen molar-refractivity contribution in [2.24, 2.45) is 0 Å². The molecule has 1 unspecified atom stereocenters. The molecule has 1 rings (SSSR count). The first-order valence-corrected chi connectivity index (χ1v) is 3.57. The van der Waals surface area contributed by atoms with Gasteiger partial charge in [0.05, 0.1) is 12.0 Å². The van der Waals surface area contributed by atoms with E-state index in [9.17, 15) is 9.59 Å². The maximum atomic E-state index is 10.5. The predicted molar refractivity (Wildman–Crippen MR) is 42.5 cm³/mol. The maximum absolute atomic E-state index is 10.5. The summed E-state index contributed by atoms with van der Waals surface area (Å²) in [7, 11) is 0. The average molecular weight is 182 g/mol. The van der Waals surface area contributed by atoms with Crippen LogP contribution in [-0.2, 0) is 16.0 Å². The number of aliphatic carboxylic acids is 1. The van der Waals surface area contributed by atoms with Crippen molar-refractivity contribution in [3.05, 3.63) is 18.2 Å². The van der Waals surface area contributed by atoms with Gasteiger partial charge in [0.1, 0.15) is 6.04 Å². The SMILES string of the molecule is O=[C]NC(Cc1c[nH]cn1)C(=O)O. The van der Waals surface area contributed by atoms with E-state index in [1.165, 1.54) is 12.7 Å². The molecule has 0 saturated heterocycles. The molecule has 69 valence electrons. The molecule has 0 aliphatic carbocycles. The zero-order chi connectivity index (χ0) is 9.68. The van der Waals surface area contributed by atoms with Crippen molar-refractivity contribution in [1.82, 2.24) is 15.3 Å². The highest BCUT2D eigenvalue weighted by Gasteiger charge is 2.17. The first-order chi connectivity index (χ1) is 6.24. The summed E-state index contributed by atoms with van der Waals surface area (Å²) in [6.45, 7) is 0. The molecule has 1 amide bonds. The van der Waals surface area contributed by atoms with Crippen molar-refractivity contribution in [2.75, 3.05) is 0 Å². The van der Waals surface area contributed by atoms with Crippen LogP contribution < -0.4 is 5.32 Å². The number of nitrogens with one attached hydrogen (secondary N) is 2. The van der Waals surface area contributed by atoms with E-state index < -0.39 is 12.0 Å². The molecular weight excluding hydrogens is 174 g/mol. The third-order valence-electron chi connectivity index (χ3n) is 1.50. The van der Waals surface area contributed by atoms with E-state index in [1.54, 1.807) is 6.20 Å². The van der Waals surface area contributed by atoms with Crippen LogP contribution in [0, 0.1) is 0 Å². The van der Waals surface area contributed by atoms with Gasteiger partial charge in [0, 0.05) is 12.6 Å². The zero-order valence-corrected chi connectivity index (χ0v) is 6.65. The lowest BCUT2D eigenvalue weighted by Crippen LogP contribution is -2.37. The Morgan fingerprint density at radius 3 is 3.08 bits per heavy atom. The monoisotopic (exact) mass is 182 g/mol. The molecular formula is C7H8N3O3. The van der Waals surface area contributed by atoms with Crippen LogP contribution in [0.3, 0.4) is 0 Å². The minimum atomic E-state index is -1.11. The van der Waals surface area contributed by atoms with Crippen LogP contribution >= 0.6 is 0 Å². The molecule has 6 heteroatoms. The molecule has 0 bridgehead atoms. The number of carbonyl (C=O) groups is 1. The fourth-order valence-corrected chi connectivity index (χ4v) is 0.883. The zero-order valence-electron chi connectivity index (χ0n) is 6.65. The summed E-state index contributed by atoms with van der Waals surface area (Å²) in [5.41, 5.74) is 0.579. The molecule has 6 nitrogen and oxygen atoms in total. The number of hydrogen-bond acceptors (Lipinski definition) is 3. The van der Waals surface area contributed by atoms with Crippen LogP contribution in [0.1, 0.15) is 5.69 Å². The van der Waals surface area contributed by atoms with Gasteiger partial charge in [0.15, 0.2) is 0 Å². The molecule has 0 aromatic carbocycles. The van der Waals surface area contributed by atoms with E-state index >= 15 is 0 Å². The Balaban J connectivity index is 2.57. The molecule has 0 aliphatic rings. The van der Waals surface area contributed by atoms with Crippen LogP contribution in [0.5, 0.6) is 0 Å². The first-order valence-electron chi connectivity index (χ1n) is 3.57. The molecule has 1 aromatic heterocycles. The van der Waals surface area contributed by atoms with Crippen molar-refractivity contribution >= 4 is 12.4 Å². The maximum Gasteiger partial charge on any atom is 0.326 e. The van der Waals surface area contributed by atoms with E-state index in [0.29, 0.717) is 5.69 Å². The fraction of sp³-hybridized carbons (Fsp3) is 0.286. The van der Waals surface area contributed by atoms with Gasteiger partial charge >= 0.3 is 12.4 Å². The molecule has 13 heavy (non-hydrogen) atoms. The second-order valence-electron chi connectivity index (χ2n) is 2.40. The van der Waals surface area contributed by atoms with Gasteiger partial charge in [-0.05, 0) is 0 Å². The lowest BCUT2D eigenvalue weighted by atomic mass is 10.2. The van der Waals surface area contributed by atoms with Crippen molar-refractivity contribution in [3.8, 4) is 0 Å². The minimum Gasteiger partial charge on any atom is -0.480 e. The third kappa shape index (κ3) is 2.58. The summed E-state index contributed by atoms with van der Waals surface area (Å²) < 4.78 is 0. The first kappa shape index (κ1) is 9.24. The molecule has 0 aliphatic heterocycles. The number of carboxylic acids is 1. The number of carbonyl (C=O) groups excluding carboxylic acids is 1. The lowest BCUT2D eigenvalue weighted by Gasteiger charge is -2.07. The minimum absolute atomic E-state index is 0.147. The fourth-order valence-electron chi connectivity index (χ4n) is 0.883. The van der Waals surface area contributed by atoms with Crippen LogP contribution in [0.2, 0.25) is 0 Å². The summed E-state index contributed by atoms with van der Waals surface area (Å²) in [4.78, 5) is 27.0. The summed E-state index contributed by atoms with van der Waals surface area (Å²) in [5.74, 6) is -1.11. The summed E-state index contributed by atoms with van der Waals surface area (Å²) >= 11 is 0. The van der Waals surface area contributed by atoms with E-state index in [0.717, 1.165) is 0 Å². The largest absolute Gasteiger partial charge is 0.480 e. The Kier molecular flexibility index (Phi) is 3.02. The molecule has 3 N–H and O–H groups in total. The molecule has 1 radical (unpaired) electrons. The lowest BCUT2D eigenvalue weighted by molar-refractivity contribution is -0.139. The van der Waals surface area contributed by atoms with Crippen LogP contribution in [0.4, 0.5) is 0 Å². The van der Waals surface area contributed by atoms with E-state index in [2.05, 4.69) is 15.3 Å². The smallest absolute Gasteiger partial charge is 0.326 e. The van der Waals surface area contributed by atoms with Crippen LogP contribution in [0.15, 0.2) is 12.5 Å². The Hall–Kier alpha value is -1.85. The highest BCUT2D eigenvalue weighted by Crippen LogP contribution is 1.97. The standard InChI is InChI=1S/C7H8N3O3/c11-4-10-6(7(12)13)1-5-2-8-3-9-5/h2-3,6H,1H2,(H,8,9)(H,10,11)(H,12,13). The number of hydrogen-bond donors (Lipinski definition) is 3. The molecule has 1 aromatic rings. The van der Waals surface area contributed by atoms with Gasteiger partial charge in [-0.15, -0.1) is 0 Å². The third-order valence-corrected chi connectivity index (χ3v) is 1.50. The average Bonchev–Trinajstić information content (AvgIpc) is 2.56. The molecule has 1 heterocycles. The van der Waals surface area contributed by atoms with Crippen molar-refractivity contribution in [2.45, 2.75) is 12.5 Å². The Morgan fingerprint density at radius 1 is 1.85 bits per heavy atom. The van der Waals surface area contributed by atoms with Crippen molar-refractivity contribution < 1.29 is 14.7 Å². The van der Waals surface area contributed by atoms with E-state index in [4.69, 9.17) is 5.11 Å². The van der Waals surface area contributed by atoms with Gasteiger partial charge in [-0.1, -0.05) is 0 Å². The van der Waals surface area contributed by atoms with Gasteiger partial charge in [-0.3, -0.25) is 4.79 Å². The topological polar surface area (TPSA) is 95.1 Å². The number of aromatic amines is 1. The van der Waals surface area contributed by atoms with Crippen LogP contribution in [0.25, 0.3) is 0 Å². The number of aromatic nitrogens is 2. The summed E-state index contributed by atoms with van der Waals surface area (Å²) in [5, 5.41) is 10.7. The molecule has 0 saturated carbocycles. The van der Waals surface area contributed by atoms with Crippen molar-refractivity contribution in [1.29, 1.82) is 0 Å². The van der Waals surface area contributed by atoms with Crippen molar-refractivity contribution in [3.63, 3.8) is 0 Å². The number of carboxylic acid groups (broad SMARTS) is 1. The van der Waals surface area contributed by atoms with Crippen LogP contribution in [-0.4, -0.2) is 33.5 Å². The van der Waals surface area contributed by atoms with Gasteiger partial charge in [-0.25, -0.2) is 9.78 Å². The quantitative estimate of drug-likeness (QED) is 0.512. The van der Waals surface area contributed by atoms with Gasteiger partial charge < -0.3 is 15.4 Å². The Bertz CT molecular complexity index is 283. The predicted octanol–water partition coefficient (Wildman–Crippen LogP) is -0.938. The highest BCUT2D eigenvalue weighted by atomic mass is 16.4. The molecule has 1 atom stereocenters. The normalized spacial score (nSPS) is 12.0. The van der Waals surface area contributed by atoms with E-state index in [-0.39, 0.29) is 6.42 Å². The number of amides is 1. The highest BCUT2D eigenvalue weighted by molar-refractivity contribution is 5.76. The summed E-state index contributed by atoms with van der Waals surface area (Å²) in [6, 6.07) is -0.971. The number of imidazole rings is 1. The Morgan fingerprint density at radius 2 is 2.62 bits per heavy atom. The number of rotatable bonds is 5. The second kappa shape index (κ2) is 4.24. The molecule has 0 fully saturated rings.